The fourth-order valence-electron chi connectivity index (χ4n) is 4.87. The number of halogens is 2. The predicted octanol–water partition coefficient (Wildman–Crippen LogP) is 4.76. The lowest BCUT2D eigenvalue weighted by Crippen LogP contribution is -2.41. The number of fused-ring (bicyclic) bond motifs is 1. The molecule has 1 N–H and O–H groups in total. The van der Waals surface area contributed by atoms with Crippen molar-refractivity contribution in [3.05, 3.63) is 40.6 Å². The molecule has 0 radical (unpaired) electrons. The number of nitrogens with zero attached hydrogens (tertiary/aromatic N) is 4. The summed E-state index contributed by atoms with van der Waals surface area (Å²) in [6.45, 7) is 6.29. The van der Waals surface area contributed by atoms with E-state index in [9.17, 15) is 13.6 Å². The molecule has 2 aliphatic heterocycles. The standard InChI is InChI=1S/C24H33F2N5O2/c1-15(2)18-6-5-17(13-19(18)22(25)26)29(4)23-20-14-30(24(32)27-3)10-7-21(20)31(28-23)16-8-11-33-12-9-16/h5-6,13,15-16,22H,7-12,14H2,1-4H3,(H,27,32). The topological polar surface area (TPSA) is 62.6 Å². The lowest BCUT2D eigenvalue weighted by Gasteiger charge is -2.30. The monoisotopic (exact) mass is 461 g/mol. The van der Waals surface area contributed by atoms with E-state index in [0.29, 0.717) is 49.8 Å². The van der Waals surface area contributed by atoms with Crippen molar-refractivity contribution >= 4 is 17.5 Å². The van der Waals surface area contributed by atoms with Crippen molar-refractivity contribution in [2.45, 2.75) is 58.0 Å². The second-order valence-corrected chi connectivity index (χ2v) is 9.09. The van der Waals surface area contributed by atoms with Gasteiger partial charge in [0, 0.05) is 62.8 Å². The SMILES string of the molecule is CNC(=O)N1CCc2c(c(N(C)c3ccc(C(C)C)c(C(F)F)c3)nn2C2CCOCC2)C1. The van der Waals surface area contributed by atoms with Crippen LogP contribution < -0.4 is 10.2 Å². The third-order valence-corrected chi connectivity index (χ3v) is 6.74. The van der Waals surface area contributed by atoms with E-state index >= 15 is 0 Å². The van der Waals surface area contributed by atoms with Crippen molar-refractivity contribution in [3.8, 4) is 0 Å². The fraction of sp³-hybridized carbons (Fsp3) is 0.583. The van der Waals surface area contributed by atoms with Gasteiger partial charge in [-0.2, -0.15) is 5.10 Å². The minimum atomic E-state index is -2.55. The highest BCUT2D eigenvalue weighted by Crippen LogP contribution is 2.38. The van der Waals surface area contributed by atoms with E-state index in [1.54, 1.807) is 24.1 Å². The van der Waals surface area contributed by atoms with Gasteiger partial charge in [-0.3, -0.25) is 4.68 Å². The molecule has 7 nitrogen and oxygen atoms in total. The molecule has 9 heteroatoms. The summed E-state index contributed by atoms with van der Waals surface area (Å²) in [5.74, 6) is 0.720. The number of ether oxygens (including phenoxy) is 1. The number of alkyl halides is 2. The molecule has 2 amide bonds. The molecular weight excluding hydrogens is 428 g/mol. The zero-order chi connectivity index (χ0) is 23.7. The number of amides is 2. The van der Waals surface area contributed by atoms with Gasteiger partial charge in [0.15, 0.2) is 5.82 Å². The Balaban J connectivity index is 1.75. The highest BCUT2D eigenvalue weighted by Gasteiger charge is 2.32. The summed E-state index contributed by atoms with van der Waals surface area (Å²) in [7, 11) is 3.48. The first kappa shape index (κ1) is 23.5. The molecule has 2 aliphatic rings. The molecule has 2 aromatic rings. The summed E-state index contributed by atoms with van der Waals surface area (Å²) in [5.41, 5.74) is 3.47. The molecule has 0 bridgehead atoms. The van der Waals surface area contributed by atoms with Crippen LogP contribution in [0.5, 0.6) is 0 Å². The van der Waals surface area contributed by atoms with Crippen molar-refractivity contribution in [2.75, 3.05) is 38.8 Å². The van der Waals surface area contributed by atoms with Gasteiger partial charge < -0.3 is 19.9 Å². The van der Waals surface area contributed by atoms with Crippen molar-refractivity contribution in [1.29, 1.82) is 0 Å². The summed E-state index contributed by atoms with van der Waals surface area (Å²) < 4.78 is 35.3. The van der Waals surface area contributed by atoms with Gasteiger partial charge in [-0.05, 0) is 36.5 Å². The number of urea groups is 1. The molecule has 0 atom stereocenters. The van der Waals surface area contributed by atoms with Crippen molar-refractivity contribution < 1.29 is 18.3 Å². The first-order valence-corrected chi connectivity index (χ1v) is 11.6. The Morgan fingerprint density at radius 1 is 1.24 bits per heavy atom. The van der Waals surface area contributed by atoms with Crippen LogP contribution in [0.1, 0.15) is 67.5 Å². The van der Waals surface area contributed by atoms with E-state index < -0.39 is 6.43 Å². The first-order chi connectivity index (χ1) is 15.8. The lowest BCUT2D eigenvalue weighted by molar-refractivity contribution is 0.0651. The van der Waals surface area contributed by atoms with Crippen LogP contribution in [0.2, 0.25) is 0 Å². The molecule has 180 valence electrons. The van der Waals surface area contributed by atoms with Gasteiger partial charge >= 0.3 is 6.03 Å². The molecule has 3 heterocycles. The maximum absolute atomic E-state index is 13.8. The highest BCUT2D eigenvalue weighted by molar-refractivity contribution is 5.75. The summed E-state index contributed by atoms with van der Waals surface area (Å²) in [5, 5.41) is 7.68. The number of rotatable bonds is 5. The number of carbonyl (C=O) groups is 1. The van der Waals surface area contributed by atoms with Gasteiger partial charge in [-0.15, -0.1) is 0 Å². The maximum atomic E-state index is 13.8. The lowest BCUT2D eigenvalue weighted by atomic mass is 9.96. The zero-order valence-electron chi connectivity index (χ0n) is 19.8. The van der Waals surface area contributed by atoms with E-state index in [0.717, 1.165) is 24.1 Å². The predicted molar refractivity (Wildman–Crippen MR) is 123 cm³/mol. The maximum Gasteiger partial charge on any atom is 0.317 e. The fourth-order valence-corrected chi connectivity index (χ4v) is 4.87. The molecule has 4 rings (SSSR count). The van der Waals surface area contributed by atoms with E-state index in [-0.39, 0.29) is 23.6 Å². The van der Waals surface area contributed by atoms with Crippen LogP contribution in [0, 0.1) is 0 Å². The zero-order valence-corrected chi connectivity index (χ0v) is 19.8. The normalized spacial score (nSPS) is 16.9. The van der Waals surface area contributed by atoms with Gasteiger partial charge in [0.05, 0.1) is 12.6 Å². The van der Waals surface area contributed by atoms with Crippen molar-refractivity contribution in [1.82, 2.24) is 20.0 Å². The molecule has 1 saturated heterocycles. The Morgan fingerprint density at radius 2 is 1.97 bits per heavy atom. The van der Waals surface area contributed by atoms with E-state index in [2.05, 4.69) is 10.00 Å². The van der Waals surface area contributed by atoms with Gasteiger partial charge in [0.2, 0.25) is 0 Å². The van der Waals surface area contributed by atoms with Crippen molar-refractivity contribution in [2.24, 2.45) is 0 Å². The van der Waals surface area contributed by atoms with E-state index in [4.69, 9.17) is 9.84 Å². The summed E-state index contributed by atoms with van der Waals surface area (Å²) in [6, 6.07) is 5.34. The number of benzene rings is 1. The van der Waals surface area contributed by atoms with Crippen LogP contribution in [0.4, 0.5) is 25.1 Å². The Kier molecular flexibility index (Phi) is 6.88. The minimum Gasteiger partial charge on any atom is -0.381 e. The Bertz CT molecular complexity index is 1000. The van der Waals surface area contributed by atoms with Gasteiger partial charge in [-0.1, -0.05) is 19.9 Å². The molecule has 0 unspecified atom stereocenters. The number of anilines is 2. The number of carbonyl (C=O) groups excluding carboxylic acids is 1. The second kappa shape index (κ2) is 9.67. The Hall–Kier alpha value is -2.68. The van der Waals surface area contributed by atoms with Gasteiger partial charge in [0.25, 0.3) is 6.43 Å². The molecule has 1 aromatic carbocycles. The molecule has 0 aliphatic carbocycles. The molecular formula is C24H33F2N5O2. The third kappa shape index (κ3) is 4.55. The molecule has 1 fully saturated rings. The minimum absolute atomic E-state index is 0.00922. The molecule has 33 heavy (non-hydrogen) atoms. The third-order valence-electron chi connectivity index (χ3n) is 6.74. The Morgan fingerprint density at radius 3 is 2.61 bits per heavy atom. The smallest absolute Gasteiger partial charge is 0.317 e. The van der Waals surface area contributed by atoms with E-state index in [1.807, 2.05) is 31.9 Å². The van der Waals surface area contributed by atoms with Crippen LogP contribution in [0.25, 0.3) is 0 Å². The van der Waals surface area contributed by atoms with Gasteiger partial charge in [0.1, 0.15) is 0 Å². The number of aromatic nitrogens is 2. The van der Waals surface area contributed by atoms with Crippen LogP contribution in [0.15, 0.2) is 18.2 Å². The van der Waals surface area contributed by atoms with Crippen molar-refractivity contribution in [3.63, 3.8) is 0 Å². The summed E-state index contributed by atoms with van der Waals surface area (Å²) >= 11 is 0. The second-order valence-electron chi connectivity index (χ2n) is 9.09. The molecule has 0 saturated carbocycles. The average Bonchev–Trinajstić information content (AvgIpc) is 3.22. The molecule has 1 aromatic heterocycles. The quantitative estimate of drug-likeness (QED) is 0.697. The largest absolute Gasteiger partial charge is 0.381 e. The number of hydrogen-bond donors (Lipinski definition) is 1. The molecule has 0 spiro atoms. The summed E-state index contributed by atoms with van der Waals surface area (Å²) in [4.78, 5) is 16.0. The highest BCUT2D eigenvalue weighted by atomic mass is 19.3. The number of nitrogens with one attached hydrogen (secondary N) is 1. The van der Waals surface area contributed by atoms with Crippen LogP contribution in [0.3, 0.4) is 0 Å². The van der Waals surface area contributed by atoms with Crippen LogP contribution in [-0.4, -0.2) is 54.6 Å². The first-order valence-electron chi connectivity index (χ1n) is 11.6. The Labute approximate surface area is 193 Å². The van der Waals surface area contributed by atoms with Crippen LogP contribution in [-0.2, 0) is 17.7 Å². The average molecular weight is 462 g/mol. The van der Waals surface area contributed by atoms with Crippen LogP contribution >= 0.6 is 0 Å². The summed E-state index contributed by atoms with van der Waals surface area (Å²) in [6.07, 6.45) is -0.0761. The number of hydrogen-bond acceptors (Lipinski definition) is 4. The van der Waals surface area contributed by atoms with E-state index in [1.165, 1.54) is 0 Å². The van der Waals surface area contributed by atoms with Gasteiger partial charge in [-0.25, -0.2) is 13.6 Å².